The summed E-state index contributed by atoms with van der Waals surface area (Å²) in [6, 6.07) is 17.3. The lowest BCUT2D eigenvalue weighted by Crippen LogP contribution is -2.53. The minimum atomic E-state index is -0.766. The Balaban J connectivity index is 0.000000266. The lowest BCUT2D eigenvalue weighted by atomic mass is 9.94. The number of aliphatic carboxylic acids is 1. The number of nitrogens with zero attached hydrogens (tertiary/aromatic N) is 7. The summed E-state index contributed by atoms with van der Waals surface area (Å²) >= 11 is 0. The van der Waals surface area contributed by atoms with Crippen LogP contribution in [0.5, 0.6) is 0 Å². The zero-order chi connectivity index (χ0) is 66.3. The van der Waals surface area contributed by atoms with Crippen molar-refractivity contribution in [2.75, 3.05) is 68.8 Å². The Morgan fingerprint density at radius 1 is 0.471 bits per heavy atom. The van der Waals surface area contributed by atoms with Gasteiger partial charge in [0.05, 0.1) is 24.9 Å². The topological polar surface area (TPSA) is 201 Å². The molecule has 87 heavy (non-hydrogen) atoms. The molecule has 5 fully saturated rings. The van der Waals surface area contributed by atoms with Gasteiger partial charge in [-0.2, -0.15) is 0 Å². The highest BCUT2D eigenvalue weighted by Gasteiger charge is 2.39. The number of aliphatic hydroxyl groups excluding tert-OH is 4. The van der Waals surface area contributed by atoms with Gasteiger partial charge in [0.25, 0.3) is 5.91 Å². The molecule has 2 amide bonds. The average Bonchev–Trinajstić information content (AvgIpc) is 2.64. The zero-order valence-electron chi connectivity index (χ0n) is 58.8. The number of benzene rings is 2. The number of fused-ring (bicyclic) bond motifs is 2. The minimum Gasteiger partial charge on any atom is -0.480 e. The number of amides is 2. The summed E-state index contributed by atoms with van der Waals surface area (Å²) in [4.78, 5) is 48.9. The molecule has 7 heterocycles. The van der Waals surface area contributed by atoms with Gasteiger partial charge < -0.3 is 46.0 Å². The van der Waals surface area contributed by atoms with Crippen molar-refractivity contribution in [3.63, 3.8) is 0 Å². The Bertz CT molecular complexity index is 2350. The van der Waals surface area contributed by atoms with E-state index in [2.05, 4.69) is 196 Å². The number of hydrogen-bond acceptors (Lipinski definition) is 13. The van der Waals surface area contributed by atoms with Gasteiger partial charge in [-0.05, 0) is 272 Å². The van der Waals surface area contributed by atoms with Gasteiger partial charge in [-0.25, -0.2) is 0 Å². The third-order valence-corrected chi connectivity index (χ3v) is 17.7. The average molecular weight is 1220 g/mol. The SMILES string of the molecule is CC(C)(C)N1CC(O)Cc2ccccc21.CC(C)(C)N1CCCC(O)C1.CC(C)(C)N1CCCC(O)C1=O.CC(C)(C)N1CCCC1CO.CC(C)(C)N1CCC[C@@H]1C(N)=O.CC(C)(C)N1CCC[C@H]1C(=O)O.CC(C)(C)N1CCCc2ccccc21. The number of aryl methyl sites for hydroxylation is 1. The number of para-hydroxylation sites is 2. The Morgan fingerprint density at radius 3 is 1.32 bits per heavy atom. The molecule has 4 unspecified atom stereocenters. The molecule has 7 N–H and O–H groups in total. The Morgan fingerprint density at radius 2 is 0.908 bits per heavy atom. The number of anilines is 2. The van der Waals surface area contributed by atoms with Crippen LogP contribution < -0.4 is 15.5 Å². The molecule has 6 atom stereocenters. The smallest absolute Gasteiger partial charge is 0.320 e. The van der Waals surface area contributed by atoms with Crippen LogP contribution in [0.2, 0.25) is 0 Å². The number of piperidine rings is 2. The molecule has 0 spiro atoms. The summed E-state index contributed by atoms with van der Waals surface area (Å²) in [5.41, 5.74) is 11.4. The van der Waals surface area contributed by atoms with Crippen LogP contribution in [0.25, 0.3) is 0 Å². The lowest BCUT2D eigenvalue weighted by molar-refractivity contribution is -0.149. The van der Waals surface area contributed by atoms with E-state index < -0.39 is 12.1 Å². The standard InChI is InChI=1S/C13H19NO.C13H19N.C9H18N2O.2C9H17NO2.2C9H19NO/c1-13(2,3)14-9-11(15)8-10-6-4-5-7-12(10)14;1-13(2,3)14-10-6-8-11-7-4-5-9-12(11)14;1-9(2,3)11-6-4-5-7(11)8(10)12;1-9(2,3)10-6-4-5-7(11)8(10)12;1-9(2,3)10-6-4-5-7(10)8(11)12;1-9(2,3)10-6-4-5-8(10)7-11;1-9(2,3)10-6-4-5-8(11)7-10/h4-7,11,15H,8-9H2,1-3H3;4-5,7,9H,6,8,10H2,1-3H3;7H,4-6H2,1-3H3,(H2,10,12);7,11H,4-6H2,1-3H3;7H,4-6H2,1-3H3,(H,11,12);2*8,11H,4-7H2,1-3H3/t;;7-;;7-;;/m..1.0../s1. The molecule has 7 aliphatic heterocycles. The number of nitrogens with two attached hydrogens (primary N) is 1. The fraction of sp³-hybridized carbons (Fsp3) is 0.789. The van der Waals surface area contributed by atoms with Crippen LogP contribution >= 0.6 is 0 Å². The molecule has 0 aliphatic carbocycles. The van der Waals surface area contributed by atoms with Crippen molar-refractivity contribution in [3.05, 3.63) is 59.7 Å². The largest absolute Gasteiger partial charge is 0.480 e. The molecule has 500 valence electrons. The first-order valence-electron chi connectivity index (χ1n) is 33.2. The van der Waals surface area contributed by atoms with Gasteiger partial charge in [0.15, 0.2) is 0 Å². The van der Waals surface area contributed by atoms with Gasteiger partial charge in [-0.15, -0.1) is 0 Å². The van der Waals surface area contributed by atoms with Crippen molar-refractivity contribution < 1.29 is 39.9 Å². The van der Waals surface area contributed by atoms with Crippen molar-refractivity contribution in [1.82, 2.24) is 24.5 Å². The van der Waals surface area contributed by atoms with Crippen LogP contribution in [-0.2, 0) is 27.2 Å². The highest BCUT2D eigenvalue weighted by atomic mass is 16.4. The van der Waals surface area contributed by atoms with Crippen LogP contribution in [-0.4, -0.2) is 202 Å². The fourth-order valence-electron chi connectivity index (χ4n) is 13.1. The molecule has 2 aromatic carbocycles. The van der Waals surface area contributed by atoms with Crippen LogP contribution in [0.15, 0.2) is 48.5 Å². The number of carbonyl (C=O) groups is 3. The number of β-amino-alcohol motifs (C(OH)–C–C–N with tert-alkyl or cyclic N) is 2. The van der Waals surface area contributed by atoms with Crippen molar-refractivity contribution in [1.29, 1.82) is 0 Å². The molecule has 9 rings (SSSR count). The molecule has 0 aromatic heterocycles. The number of carbonyl (C=O) groups excluding carboxylic acids is 2. The first kappa shape index (κ1) is 77.4. The maximum Gasteiger partial charge on any atom is 0.320 e. The fourth-order valence-corrected chi connectivity index (χ4v) is 13.1. The van der Waals surface area contributed by atoms with Crippen LogP contribution in [0.4, 0.5) is 11.4 Å². The van der Waals surface area contributed by atoms with Crippen molar-refractivity contribution in [3.8, 4) is 0 Å². The first-order chi connectivity index (χ1) is 39.9. The summed E-state index contributed by atoms with van der Waals surface area (Å²) in [6.45, 7) is 53.2. The molecule has 16 nitrogen and oxygen atoms in total. The van der Waals surface area contributed by atoms with Gasteiger partial charge in [-0.1, -0.05) is 36.4 Å². The summed E-state index contributed by atoms with van der Waals surface area (Å²) in [5.74, 6) is -0.974. The highest BCUT2D eigenvalue weighted by Crippen LogP contribution is 2.35. The molecule has 7 aliphatic rings. The lowest BCUT2D eigenvalue weighted by Gasteiger charge is -2.43. The number of carboxylic acids is 1. The van der Waals surface area contributed by atoms with E-state index in [0.29, 0.717) is 19.1 Å². The molecule has 0 bridgehead atoms. The predicted octanol–water partition coefficient (Wildman–Crippen LogP) is 10.8. The van der Waals surface area contributed by atoms with Gasteiger partial charge in [0.1, 0.15) is 12.1 Å². The summed E-state index contributed by atoms with van der Waals surface area (Å²) in [5, 5.41) is 46.5. The van der Waals surface area contributed by atoms with Gasteiger partial charge >= 0.3 is 5.97 Å². The second-order valence-electron chi connectivity index (χ2n) is 32.2. The molecular weight excluding hydrogens is 1090 g/mol. The molecule has 5 saturated heterocycles. The van der Waals surface area contributed by atoms with E-state index in [1.165, 1.54) is 48.3 Å². The van der Waals surface area contributed by atoms with Gasteiger partial charge in [0, 0.05) is 88.8 Å². The van der Waals surface area contributed by atoms with Crippen molar-refractivity contribution in [2.45, 2.75) is 304 Å². The summed E-state index contributed by atoms with van der Waals surface area (Å²) in [7, 11) is 0. The van der Waals surface area contributed by atoms with Crippen LogP contribution in [0, 0.1) is 0 Å². The van der Waals surface area contributed by atoms with E-state index in [-0.39, 0.29) is 74.9 Å². The highest BCUT2D eigenvalue weighted by molar-refractivity contribution is 5.82. The predicted molar refractivity (Wildman–Crippen MR) is 361 cm³/mol. The third-order valence-electron chi connectivity index (χ3n) is 17.7. The Hall–Kier alpha value is -3.87. The van der Waals surface area contributed by atoms with E-state index >= 15 is 0 Å². The maximum atomic E-state index is 11.4. The number of carboxylic acid groups (broad SMARTS) is 1. The molecule has 16 heteroatoms. The van der Waals surface area contributed by atoms with E-state index in [9.17, 15) is 29.7 Å². The monoisotopic (exact) mass is 1220 g/mol. The van der Waals surface area contributed by atoms with Crippen LogP contribution in [0.1, 0.15) is 227 Å². The van der Waals surface area contributed by atoms with Gasteiger partial charge in [0.2, 0.25) is 5.91 Å². The van der Waals surface area contributed by atoms with E-state index in [1.54, 1.807) is 4.90 Å². The molecule has 0 saturated carbocycles. The number of hydrogen-bond donors (Lipinski definition) is 6. The van der Waals surface area contributed by atoms with Gasteiger partial charge in [-0.3, -0.25) is 34.0 Å². The Kier molecular flexibility index (Phi) is 29.3. The number of primary amides is 1. The summed E-state index contributed by atoms with van der Waals surface area (Å²) < 4.78 is 0. The normalized spacial score (nSPS) is 24.3. The first-order valence-corrected chi connectivity index (χ1v) is 33.2. The summed E-state index contributed by atoms with van der Waals surface area (Å²) in [6.07, 6.45) is 12.1. The zero-order valence-corrected chi connectivity index (χ0v) is 58.8. The number of aliphatic hydroxyl groups is 4. The Labute approximate surface area is 529 Å². The quantitative estimate of drug-likeness (QED) is 0.170. The maximum absolute atomic E-state index is 11.4. The third kappa shape index (κ3) is 24.7. The molecular formula is C71H128N8O8. The van der Waals surface area contributed by atoms with Crippen LogP contribution in [0.3, 0.4) is 0 Å². The minimum absolute atomic E-state index is 0.0143. The number of rotatable bonds is 3. The molecule has 0 radical (unpaired) electrons. The second-order valence-corrected chi connectivity index (χ2v) is 32.2. The molecule has 2 aromatic rings. The second kappa shape index (κ2) is 32.9. The number of likely N-dealkylation sites (tertiary alicyclic amines) is 5. The van der Waals surface area contributed by atoms with E-state index in [4.69, 9.17) is 15.9 Å². The van der Waals surface area contributed by atoms with E-state index in [1.807, 2.05) is 26.8 Å². The van der Waals surface area contributed by atoms with Crippen molar-refractivity contribution in [2.24, 2.45) is 5.73 Å². The van der Waals surface area contributed by atoms with Crippen molar-refractivity contribution >= 4 is 29.2 Å². The van der Waals surface area contributed by atoms with E-state index in [0.717, 1.165) is 104 Å².